The van der Waals surface area contributed by atoms with Gasteiger partial charge in [-0.05, 0) is 35.6 Å². The maximum atomic E-state index is 14.1. The highest BCUT2D eigenvalue weighted by atomic mass is 19.1. The summed E-state index contributed by atoms with van der Waals surface area (Å²) in [6.45, 7) is 1.63. The Balaban J connectivity index is 2.57. The molecule has 3 heteroatoms. The zero-order chi connectivity index (χ0) is 13.3. The molecule has 18 heavy (non-hydrogen) atoms. The molecule has 1 atom stereocenters. The fourth-order valence-corrected chi connectivity index (χ4v) is 1.89. The smallest absolute Gasteiger partial charge is 0.134 e. The fraction of sp³-hybridized carbons (Fsp3) is 0.200. The second kappa shape index (κ2) is 4.75. The lowest BCUT2D eigenvalue weighted by Crippen LogP contribution is -2.08. The molecule has 92 valence electrons. The number of fused-ring (bicyclic) bond motifs is 1. The van der Waals surface area contributed by atoms with Crippen LogP contribution in [0.4, 0.5) is 8.78 Å². The van der Waals surface area contributed by atoms with Gasteiger partial charge in [-0.1, -0.05) is 18.1 Å². The van der Waals surface area contributed by atoms with Crippen LogP contribution >= 0.6 is 0 Å². The highest BCUT2D eigenvalue weighted by molar-refractivity contribution is 5.84. The fourth-order valence-electron chi connectivity index (χ4n) is 1.89. The Labute approximate surface area is 104 Å². The average Bonchev–Trinajstić information content (AvgIpc) is 2.35. The maximum Gasteiger partial charge on any atom is 0.134 e. The molecule has 2 aromatic rings. The van der Waals surface area contributed by atoms with Crippen LogP contribution in [-0.4, -0.2) is 11.2 Å². The molecule has 1 nitrogen and oxygen atoms in total. The minimum Gasteiger partial charge on any atom is -0.380 e. The van der Waals surface area contributed by atoms with Gasteiger partial charge in [0.05, 0.1) is 0 Å². The van der Waals surface area contributed by atoms with Gasteiger partial charge in [0.1, 0.15) is 17.7 Å². The Kier molecular flexibility index (Phi) is 3.31. The van der Waals surface area contributed by atoms with Crippen LogP contribution in [0.1, 0.15) is 11.1 Å². The van der Waals surface area contributed by atoms with Crippen molar-refractivity contribution in [2.45, 2.75) is 19.4 Å². The number of hydrogen-bond acceptors (Lipinski definition) is 1. The molecule has 1 unspecified atom stereocenters. The van der Waals surface area contributed by atoms with Gasteiger partial charge in [-0.25, -0.2) is 8.78 Å². The highest BCUT2D eigenvalue weighted by Gasteiger charge is 2.12. The molecule has 0 heterocycles. The van der Waals surface area contributed by atoms with E-state index in [1.807, 2.05) is 0 Å². The molecule has 0 bridgehead atoms. The topological polar surface area (TPSA) is 20.2 Å². The molecule has 0 aliphatic rings. The van der Waals surface area contributed by atoms with Gasteiger partial charge in [0, 0.05) is 11.8 Å². The zero-order valence-electron chi connectivity index (χ0n) is 9.87. The quantitative estimate of drug-likeness (QED) is 0.808. The summed E-state index contributed by atoms with van der Waals surface area (Å²) in [4.78, 5) is 0. The Bertz CT molecular complexity index is 641. The van der Waals surface area contributed by atoms with E-state index in [4.69, 9.17) is 6.42 Å². The van der Waals surface area contributed by atoms with E-state index in [0.717, 1.165) is 0 Å². The number of hydrogen-bond donors (Lipinski definition) is 1. The first-order valence-corrected chi connectivity index (χ1v) is 5.54. The number of aliphatic hydroxyl groups is 1. The molecule has 0 radical (unpaired) electrons. The molecule has 2 aromatic carbocycles. The maximum absolute atomic E-state index is 14.1. The van der Waals surface area contributed by atoms with Crippen LogP contribution in [0.25, 0.3) is 10.8 Å². The Morgan fingerprint density at radius 3 is 2.72 bits per heavy atom. The van der Waals surface area contributed by atoms with Crippen LogP contribution in [0.3, 0.4) is 0 Å². The number of rotatable bonds is 2. The monoisotopic (exact) mass is 246 g/mol. The van der Waals surface area contributed by atoms with Gasteiger partial charge in [-0.2, -0.15) is 0 Å². The Hall–Kier alpha value is -1.92. The molecule has 2 rings (SSSR count). The van der Waals surface area contributed by atoms with E-state index in [-0.39, 0.29) is 17.4 Å². The predicted octanol–water partition coefficient (Wildman–Crippen LogP) is 2.96. The lowest BCUT2D eigenvalue weighted by atomic mass is 10.0. The summed E-state index contributed by atoms with van der Waals surface area (Å²) in [5.41, 5.74) is 0.759. The van der Waals surface area contributed by atoms with Gasteiger partial charge in [0.2, 0.25) is 0 Å². The van der Waals surface area contributed by atoms with Gasteiger partial charge in [0.25, 0.3) is 0 Å². The van der Waals surface area contributed by atoms with Crippen LogP contribution in [0.5, 0.6) is 0 Å². The second-order valence-corrected chi connectivity index (χ2v) is 4.25. The number of halogens is 2. The van der Waals surface area contributed by atoms with E-state index in [9.17, 15) is 13.9 Å². The van der Waals surface area contributed by atoms with Gasteiger partial charge in [-0.15, -0.1) is 6.42 Å². The van der Waals surface area contributed by atoms with E-state index >= 15 is 0 Å². The summed E-state index contributed by atoms with van der Waals surface area (Å²) < 4.78 is 27.6. The lowest BCUT2D eigenvalue weighted by molar-refractivity contribution is 0.232. The van der Waals surface area contributed by atoms with Gasteiger partial charge in [0.15, 0.2) is 0 Å². The number of aryl methyl sites for hydroxylation is 1. The first-order chi connectivity index (χ1) is 8.52. The van der Waals surface area contributed by atoms with E-state index in [0.29, 0.717) is 10.9 Å². The van der Waals surface area contributed by atoms with E-state index in [1.54, 1.807) is 25.1 Å². The molecule has 0 fully saturated rings. The van der Waals surface area contributed by atoms with Crippen molar-refractivity contribution in [1.29, 1.82) is 0 Å². The molecule has 0 amide bonds. The molecule has 0 aliphatic heterocycles. The third-order valence-electron chi connectivity index (χ3n) is 2.92. The molecule has 0 aliphatic carbocycles. The van der Waals surface area contributed by atoms with Crippen molar-refractivity contribution < 1.29 is 13.9 Å². The summed E-state index contributed by atoms with van der Waals surface area (Å²) in [6, 6.07) is 6.03. The van der Waals surface area contributed by atoms with Crippen LogP contribution < -0.4 is 0 Å². The van der Waals surface area contributed by atoms with Crippen molar-refractivity contribution in [2.24, 2.45) is 0 Å². The average molecular weight is 246 g/mol. The molecule has 0 saturated heterocycles. The third kappa shape index (κ3) is 2.20. The molecule has 0 spiro atoms. The minimum absolute atomic E-state index is 0.0216. The molecule has 1 N–H and O–H groups in total. The normalized spacial score (nSPS) is 12.4. The van der Waals surface area contributed by atoms with Crippen molar-refractivity contribution in [3.63, 3.8) is 0 Å². The third-order valence-corrected chi connectivity index (χ3v) is 2.92. The van der Waals surface area contributed by atoms with E-state index in [2.05, 4.69) is 5.92 Å². The minimum atomic E-state index is -1.03. The zero-order valence-corrected chi connectivity index (χ0v) is 9.87. The van der Waals surface area contributed by atoms with Crippen LogP contribution in [0.2, 0.25) is 0 Å². The summed E-state index contributed by atoms with van der Waals surface area (Å²) in [7, 11) is 0. The Morgan fingerprint density at radius 1 is 1.33 bits per heavy atom. The highest BCUT2D eigenvalue weighted by Crippen LogP contribution is 2.24. The second-order valence-electron chi connectivity index (χ2n) is 4.25. The SMILES string of the molecule is C#CC(O)Cc1ccc2cc(C)c(F)cc2c1F. The first kappa shape index (κ1) is 12.5. The summed E-state index contributed by atoms with van der Waals surface area (Å²) in [5.74, 6) is 1.15. The summed E-state index contributed by atoms with van der Waals surface area (Å²) >= 11 is 0. The van der Waals surface area contributed by atoms with Crippen molar-refractivity contribution in [1.82, 2.24) is 0 Å². The van der Waals surface area contributed by atoms with Crippen LogP contribution in [0, 0.1) is 30.9 Å². The first-order valence-electron chi connectivity index (χ1n) is 5.54. The largest absolute Gasteiger partial charge is 0.380 e. The Morgan fingerprint density at radius 2 is 2.06 bits per heavy atom. The lowest BCUT2D eigenvalue weighted by Gasteiger charge is -2.09. The molecular weight excluding hydrogens is 234 g/mol. The van der Waals surface area contributed by atoms with Gasteiger partial charge >= 0.3 is 0 Å². The van der Waals surface area contributed by atoms with Crippen molar-refractivity contribution in [3.8, 4) is 12.3 Å². The van der Waals surface area contributed by atoms with Crippen LogP contribution in [-0.2, 0) is 6.42 Å². The van der Waals surface area contributed by atoms with Crippen LogP contribution in [0.15, 0.2) is 24.3 Å². The standard InChI is InChI=1S/C15H12F2O/c1-3-12(18)7-11-5-4-10-6-9(2)14(16)8-13(10)15(11)17/h1,4-6,8,12,18H,7H2,2H3. The molecule has 0 aromatic heterocycles. The van der Waals surface area contributed by atoms with Gasteiger partial charge in [-0.3, -0.25) is 0 Å². The number of terminal acetylenes is 1. The summed E-state index contributed by atoms with van der Waals surface area (Å²) in [6.07, 6.45) is 4.03. The molecular formula is C15H12F2O. The summed E-state index contributed by atoms with van der Waals surface area (Å²) in [5, 5.41) is 10.2. The van der Waals surface area contributed by atoms with E-state index < -0.39 is 17.7 Å². The van der Waals surface area contributed by atoms with Crippen molar-refractivity contribution >= 4 is 10.8 Å². The van der Waals surface area contributed by atoms with Crippen molar-refractivity contribution in [2.75, 3.05) is 0 Å². The van der Waals surface area contributed by atoms with Gasteiger partial charge < -0.3 is 5.11 Å². The number of benzene rings is 2. The molecule has 0 saturated carbocycles. The van der Waals surface area contributed by atoms with Crippen molar-refractivity contribution in [3.05, 3.63) is 47.0 Å². The predicted molar refractivity (Wildman–Crippen MR) is 67.1 cm³/mol. The number of aliphatic hydroxyl groups excluding tert-OH is 1. The van der Waals surface area contributed by atoms with E-state index in [1.165, 1.54) is 6.07 Å².